The Labute approximate surface area is 156 Å². The maximum atomic E-state index is 12.5. The van der Waals surface area contributed by atoms with Gasteiger partial charge in [0.05, 0.1) is 10.4 Å². The van der Waals surface area contributed by atoms with E-state index in [-0.39, 0.29) is 29.3 Å². The smallest absolute Gasteiger partial charge is 0.270 e. The third kappa shape index (κ3) is 4.21. The number of benzene rings is 1. The van der Waals surface area contributed by atoms with E-state index in [2.05, 4.69) is 10.3 Å². The Balaban J connectivity index is 1.63. The molecule has 1 saturated heterocycles. The SMILES string of the molecule is CC(C)C(=O)N1CCC(C(=O)Nc2ccc3cc([N+](=O)[O-])ccc3n2)CC1. The number of hydrogen-bond acceptors (Lipinski definition) is 5. The highest BCUT2D eigenvalue weighted by Crippen LogP contribution is 2.23. The van der Waals surface area contributed by atoms with Gasteiger partial charge in [0.15, 0.2) is 0 Å². The first kappa shape index (κ1) is 18.8. The number of fused-ring (bicyclic) bond motifs is 1. The van der Waals surface area contributed by atoms with E-state index >= 15 is 0 Å². The van der Waals surface area contributed by atoms with Gasteiger partial charge in [-0.1, -0.05) is 13.8 Å². The second kappa shape index (κ2) is 7.69. The number of nitrogens with one attached hydrogen (secondary N) is 1. The second-order valence-electron chi connectivity index (χ2n) is 7.07. The summed E-state index contributed by atoms with van der Waals surface area (Å²) < 4.78 is 0. The maximum Gasteiger partial charge on any atom is 0.270 e. The molecule has 0 unspecified atom stereocenters. The molecule has 0 radical (unpaired) electrons. The molecule has 0 atom stereocenters. The summed E-state index contributed by atoms with van der Waals surface area (Å²) in [6.07, 6.45) is 1.26. The van der Waals surface area contributed by atoms with Crippen LogP contribution in [0.4, 0.5) is 11.5 Å². The fourth-order valence-corrected chi connectivity index (χ4v) is 3.25. The van der Waals surface area contributed by atoms with Crippen LogP contribution < -0.4 is 5.32 Å². The normalized spacial score (nSPS) is 15.1. The van der Waals surface area contributed by atoms with E-state index in [9.17, 15) is 19.7 Å². The Bertz CT molecular complexity index is 888. The largest absolute Gasteiger partial charge is 0.342 e. The second-order valence-corrected chi connectivity index (χ2v) is 7.07. The highest BCUT2D eigenvalue weighted by atomic mass is 16.6. The van der Waals surface area contributed by atoms with Crippen LogP contribution >= 0.6 is 0 Å². The topological polar surface area (TPSA) is 105 Å². The van der Waals surface area contributed by atoms with Crippen molar-refractivity contribution in [2.75, 3.05) is 18.4 Å². The predicted octanol–water partition coefficient (Wildman–Crippen LogP) is 2.98. The summed E-state index contributed by atoms with van der Waals surface area (Å²) in [6, 6.07) is 7.76. The van der Waals surface area contributed by atoms with Crippen LogP contribution in [0.1, 0.15) is 26.7 Å². The number of aromatic nitrogens is 1. The first-order chi connectivity index (χ1) is 12.8. The monoisotopic (exact) mass is 370 g/mol. The van der Waals surface area contributed by atoms with Gasteiger partial charge in [0, 0.05) is 42.4 Å². The van der Waals surface area contributed by atoms with Crippen molar-refractivity contribution in [2.24, 2.45) is 11.8 Å². The van der Waals surface area contributed by atoms with Gasteiger partial charge < -0.3 is 10.2 Å². The molecule has 1 aliphatic rings. The molecule has 2 amide bonds. The molecule has 1 N–H and O–H groups in total. The number of piperidine rings is 1. The van der Waals surface area contributed by atoms with E-state index in [1.54, 1.807) is 18.2 Å². The Hall–Kier alpha value is -3.03. The van der Waals surface area contributed by atoms with E-state index in [0.29, 0.717) is 42.7 Å². The van der Waals surface area contributed by atoms with Gasteiger partial charge in [-0.3, -0.25) is 19.7 Å². The number of hydrogen-bond donors (Lipinski definition) is 1. The van der Waals surface area contributed by atoms with Crippen LogP contribution in [0, 0.1) is 22.0 Å². The van der Waals surface area contributed by atoms with E-state index < -0.39 is 4.92 Å². The number of carbonyl (C=O) groups excluding carboxylic acids is 2. The third-order valence-electron chi connectivity index (χ3n) is 4.81. The van der Waals surface area contributed by atoms with Gasteiger partial charge >= 0.3 is 0 Å². The fourth-order valence-electron chi connectivity index (χ4n) is 3.25. The molecule has 142 valence electrons. The highest BCUT2D eigenvalue weighted by molar-refractivity contribution is 5.93. The van der Waals surface area contributed by atoms with Crippen molar-refractivity contribution in [3.8, 4) is 0 Å². The van der Waals surface area contributed by atoms with Gasteiger partial charge in [0.1, 0.15) is 5.82 Å². The Morgan fingerprint density at radius 2 is 1.93 bits per heavy atom. The van der Waals surface area contributed by atoms with Gasteiger partial charge in [-0.05, 0) is 31.0 Å². The average Bonchev–Trinajstić information content (AvgIpc) is 2.66. The predicted molar refractivity (Wildman–Crippen MR) is 101 cm³/mol. The number of carbonyl (C=O) groups is 2. The number of likely N-dealkylation sites (tertiary alicyclic amines) is 1. The lowest BCUT2D eigenvalue weighted by Gasteiger charge is -2.32. The molecule has 0 spiro atoms. The van der Waals surface area contributed by atoms with Crippen molar-refractivity contribution >= 4 is 34.2 Å². The van der Waals surface area contributed by atoms with Crippen LogP contribution in [0.5, 0.6) is 0 Å². The molecule has 0 aliphatic carbocycles. The van der Waals surface area contributed by atoms with Crippen LogP contribution in [0.3, 0.4) is 0 Å². The van der Waals surface area contributed by atoms with Crippen LogP contribution in [-0.4, -0.2) is 39.7 Å². The highest BCUT2D eigenvalue weighted by Gasteiger charge is 2.28. The number of non-ortho nitro benzene ring substituents is 1. The Morgan fingerprint density at radius 1 is 1.22 bits per heavy atom. The van der Waals surface area contributed by atoms with E-state index in [1.165, 1.54) is 12.1 Å². The molecule has 0 saturated carbocycles. The van der Waals surface area contributed by atoms with Crippen LogP contribution in [0.15, 0.2) is 30.3 Å². The van der Waals surface area contributed by atoms with Gasteiger partial charge in [-0.2, -0.15) is 0 Å². The number of nitro benzene ring substituents is 1. The molecule has 8 nitrogen and oxygen atoms in total. The van der Waals surface area contributed by atoms with Crippen molar-refractivity contribution in [2.45, 2.75) is 26.7 Å². The number of nitro groups is 1. The van der Waals surface area contributed by atoms with E-state index in [1.807, 2.05) is 18.7 Å². The minimum Gasteiger partial charge on any atom is -0.342 e. The zero-order valence-corrected chi connectivity index (χ0v) is 15.3. The molecule has 8 heteroatoms. The first-order valence-electron chi connectivity index (χ1n) is 9.00. The van der Waals surface area contributed by atoms with E-state index in [0.717, 1.165) is 0 Å². The van der Waals surface area contributed by atoms with E-state index in [4.69, 9.17) is 0 Å². The molecule has 0 bridgehead atoms. The quantitative estimate of drug-likeness (QED) is 0.658. The van der Waals surface area contributed by atoms with Crippen molar-refractivity contribution in [3.63, 3.8) is 0 Å². The number of amides is 2. The summed E-state index contributed by atoms with van der Waals surface area (Å²) in [5, 5.41) is 14.3. The number of nitrogens with zero attached hydrogens (tertiary/aromatic N) is 3. The van der Waals surface area contributed by atoms with Gasteiger partial charge in [-0.25, -0.2) is 4.98 Å². The minimum atomic E-state index is -0.453. The van der Waals surface area contributed by atoms with Crippen LogP contribution in [-0.2, 0) is 9.59 Å². The van der Waals surface area contributed by atoms with Crippen molar-refractivity contribution in [1.29, 1.82) is 0 Å². The first-order valence-corrected chi connectivity index (χ1v) is 9.00. The van der Waals surface area contributed by atoms with Crippen LogP contribution in [0.2, 0.25) is 0 Å². The molecular formula is C19H22N4O4. The molecule has 1 aromatic heterocycles. The number of rotatable bonds is 4. The zero-order valence-electron chi connectivity index (χ0n) is 15.3. The minimum absolute atomic E-state index is 0.00351. The molecule has 1 aliphatic heterocycles. The summed E-state index contributed by atoms with van der Waals surface area (Å²) in [7, 11) is 0. The van der Waals surface area contributed by atoms with Gasteiger partial charge in [0.2, 0.25) is 11.8 Å². The zero-order chi connectivity index (χ0) is 19.6. The van der Waals surface area contributed by atoms with Gasteiger partial charge in [0.25, 0.3) is 5.69 Å². The summed E-state index contributed by atoms with van der Waals surface area (Å²) >= 11 is 0. The number of anilines is 1. The molecular weight excluding hydrogens is 348 g/mol. The number of pyridine rings is 1. The summed E-state index contributed by atoms with van der Waals surface area (Å²) in [6.45, 7) is 4.93. The molecule has 1 fully saturated rings. The lowest BCUT2D eigenvalue weighted by atomic mass is 9.95. The molecule has 1 aromatic carbocycles. The lowest BCUT2D eigenvalue weighted by Crippen LogP contribution is -2.43. The standard InChI is InChI=1S/C19H22N4O4/c1-12(2)19(25)22-9-7-13(8-10-22)18(24)21-17-6-3-14-11-15(23(26)27)4-5-16(14)20-17/h3-6,11-13H,7-10H2,1-2H3,(H,20,21,24). The summed E-state index contributed by atoms with van der Waals surface area (Å²) in [5.74, 6) is 0.241. The maximum absolute atomic E-state index is 12.5. The average molecular weight is 370 g/mol. The molecule has 2 aromatic rings. The summed E-state index contributed by atoms with van der Waals surface area (Å²) in [5.41, 5.74) is 0.583. The third-order valence-corrected chi connectivity index (χ3v) is 4.81. The molecule has 2 heterocycles. The molecule has 3 rings (SSSR count). The Morgan fingerprint density at radius 3 is 2.56 bits per heavy atom. The van der Waals surface area contributed by atoms with Crippen molar-refractivity contribution in [1.82, 2.24) is 9.88 Å². The Kier molecular flexibility index (Phi) is 5.34. The van der Waals surface area contributed by atoms with Crippen molar-refractivity contribution in [3.05, 3.63) is 40.4 Å². The van der Waals surface area contributed by atoms with Crippen LogP contribution in [0.25, 0.3) is 10.9 Å². The lowest BCUT2D eigenvalue weighted by molar-refractivity contribution is -0.384. The van der Waals surface area contributed by atoms with Gasteiger partial charge in [-0.15, -0.1) is 0 Å². The summed E-state index contributed by atoms with van der Waals surface area (Å²) in [4.78, 5) is 41.1. The molecule has 27 heavy (non-hydrogen) atoms. The fraction of sp³-hybridized carbons (Fsp3) is 0.421. The van der Waals surface area contributed by atoms with Crippen molar-refractivity contribution < 1.29 is 14.5 Å².